The molecule has 0 bridgehead atoms. The summed E-state index contributed by atoms with van der Waals surface area (Å²) in [5, 5.41) is 0.475. The van der Waals surface area contributed by atoms with Gasteiger partial charge in [0.15, 0.2) is 5.82 Å². The predicted molar refractivity (Wildman–Crippen MR) is 74.2 cm³/mol. The van der Waals surface area contributed by atoms with Gasteiger partial charge in [-0.3, -0.25) is 9.59 Å². The molecule has 1 amide bonds. The Morgan fingerprint density at radius 2 is 2.10 bits per heavy atom. The molecule has 0 aliphatic heterocycles. The maximum atomic E-state index is 14.6. The number of nitrogens with one attached hydrogen (secondary N) is 1. The van der Waals surface area contributed by atoms with E-state index in [-0.39, 0.29) is 16.5 Å². The lowest BCUT2D eigenvalue weighted by Gasteiger charge is -2.39. The molecule has 0 saturated heterocycles. The van der Waals surface area contributed by atoms with E-state index in [1.165, 1.54) is 6.07 Å². The van der Waals surface area contributed by atoms with Crippen molar-refractivity contribution in [2.75, 3.05) is 0 Å². The number of primary amides is 1. The summed E-state index contributed by atoms with van der Waals surface area (Å²) in [6.07, 6.45) is 2.98. The number of H-pyrrole nitrogens is 1. The largest absolute Gasteiger partial charge is 0.365 e. The molecule has 5 heteroatoms. The average molecular weight is 274 g/mol. The number of carbonyl (C=O) groups is 1. The average Bonchev–Trinajstić information content (AvgIpc) is 2.36. The molecule has 0 atom stereocenters. The number of rotatable bonds is 2. The number of halogens is 1. The summed E-state index contributed by atoms with van der Waals surface area (Å²) in [5.74, 6) is -1.22. The summed E-state index contributed by atoms with van der Waals surface area (Å²) < 4.78 is 14.6. The number of fused-ring (bicyclic) bond motifs is 1. The zero-order chi connectivity index (χ0) is 14.5. The standard InChI is InChI=1S/C15H15FN2O2/c1-15(5-2-6-15)10-4-3-8-7-9(13(17)19)14(20)18-12(8)11(10)16/h3-4,7H,2,5-6H2,1H3,(H2,17,19)(H,18,20). The highest BCUT2D eigenvalue weighted by Gasteiger charge is 2.36. The predicted octanol–water partition coefficient (Wildman–Crippen LogP) is 2.21. The maximum absolute atomic E-state index is 14.6. The first kappa shape index (κ1) is 12.8. The van der Waals surface area contributed by atoms with Gasteiger partial charge < -0.3 is 10.7 Å². The van der Waals surface area contributed by atoms with Crippen molar-refractivity contribution < 1.29 is 9.18 Å². The van der Waals surface area contributed by atoms with Crippen LogP contribution >= 0.6 is 0 Å². The van der Waals surface area contributed by atoms with Crippen molar-refractivity contribution in [3.8, 4) is 0 Å². The molecule has 20 heavy (non-hydrogen) atoms. The van der Waals surface area contributed by atoms with Crippen molar-refractivity contribution >= 4 is 16.8 Å². The fraction of sp³-hybridized carbons (Fsp3) is 0.333. The molecule has 0 spiro atoms. The minimum absolute atomic E-state index is 0.144. The topological polar surface area (TPSA) is 76.0 Å². The second-order valence-electron chi connectivity index (χ2n) is 5.68. The lowest BCUT2D eigenvalue weighted by atomic mass is 9.66. The Bertz CT molecular complexity index is 775. The first-order chi connectivity index (χ1) is 9.42. The quantitative estimate of drug-likeness (QED) is 0.880. The highest BCUT2D eigenvalue weighted by molar-refractivity contribution is 5.96. The molecule has 1 aliphatic carbocycles. The van der Waals surface area contributed by atoms with Crippen molar-refractivity contribution in [3.05, 3.63) is 45.5 Å². The Labute approximate surface area is 114 Å². The Balaban J connectivity index is 2.26. The zero-order valence-electron chi connectivity index (χ0n) is 11.1. The summed E-state index contributed by atoms with van der Waals surface area (Å²) in [5.41, 5.74) is 4.93. The minimum atomic E-state index is -0.816. The van der Waals surface area contributed by atoms with E-state index < -0.39 is 17.3 Å². The highest BCUT2D eigenvalue weighted by Crippen LogP contribution is 2.44. The lowest BCUT2D eigenvalue weighted by Crippen LogP contribution is -2.31. The molecule has 104 valence electrons. The van der Waals surface area contributed by atoms with E-state index in [9.17, 15) is 14.0 Å². The summed E-state index contributed by atoms with van der Waals surface area (Å²) in [6.45, 7) is 2.02. The molecular weight excluding hydrogens is 259 g/mol. The number of carbonyl (C=O) groups excluding carboxylic acids is 1. The van der Waals surface area contributed by atoms with E-state index in [2.05, 4.69) is 4.98 Å². The van der Waals surface area contributed by atoms with Gasteiger partial charge in [0.25, 0.3) is 11.5 Å². The van der Waals surface area contributed by atoms with E-state index in [0.717, 1.165) is 19.3 Å². The van der Waals surface area contributed by atoms with Crippen LogP contribution in [-0.4, -0.2) is 10.9 Å². The number of pyridine rings is 1. The van der Waals surface area contributed by atoms with Crippen molar-refractivity contribution in [1.29, 1.82) is 0 Å². The van der Waals surface area contributed by atoms with E-state index in [4.69, 9.17) is 5.73 Å². The van der Waals surface area contributed by atoms with E-state index >= 15 is 0 Å². The molecule has 0 radical (unpaired) electrons. The molecule has 1 heterocycles. The summed E-state index contributed by atoms with van der Waals surface area (Å²) in [4.78, 5) is 25.3. The van der Waals surface area contributed by atoms with Crippen LogP contribution in [0, 0.1) is 5.82 Å². The number of hydrogen-bond donors (Lipinski definition) is 2. The number of hydrogen-bond acceptors (Lipinski definition) is 2. The summed E-state index contributed by atoms with van der Waals surface area (Å²) in [6, 6.07) is 4.80. The third kappa shape index (κ3) is 1.73. The molecule has 3 N–H and O–H groups in total. The summed E-state index contributed by atoms with van der Waals surface area (Å²) >= 11 is 0. The van der Waals surface area contributed by atoms with Crippen LogP contribution in [-0.2, 0) is 5.41 Å². The van der Waals surface area contributed by atoms with Crippen LogP contribution in [0.3, 0.4) is 0 Å². The number of aromatic amines is 1. The molecule has 4 nitrogen and oxygen atoms in total. The van der Waals surface area contributed by atoms with Gasteiger partial charge in [-0.2, -0.15) is 0 Å². The summed E-state index contributed by atoms with van der Waals surface area (Å²) in [7, 11) is 0. The normalized spacial score (nSPS) is 16.9. The van der Waals surface area contributed by atoms with Gasteiger partial charge >= 0.3 is 0 Å². The van der Waals surface area contributed by atoms with Crippen LogP contribution in [0.2, 0.25) is 0 Å². The Morgan fingerprint density at radius 1 is 1.40 bits per heavy atom. The lowest BCUT2D eigenvalue weighted by molar-refractivity contribution is 0.0999. The van der Waals surface area contributed by atoms with Gasteiger partial charge in [0.1, 0.15) is 5.56 Å². The second-order valence-corrected chi connectivity index (χ2v) is 5.68. The van der Waals surface area contributed by atoms with Gasteiger partial charge in [0, 0.05) is 5.39 Å². The monoisotopic (exact) mass is 274 g/mol. The number of benzene rings is 1. The van der Waals surface area contributed by atoms with Crippen LogP contribution in [0.4, 0.5) is 4.39 Å². The van der Waals surface area contributed by atoms with E-state index in [1.54, 1.807) is 12.1 Å². The molecule has 1 saturated carbocycles. The fourth-order valence-corrected chi connectivity index (χ4v) is 2.87. The third-order valence-corrected chi connectivity index (χ3v) is 4.33. The highest BCUT2D eigenvalue weighted by atomic mass is 19.1. The smallest absolute Gasteiger partial charge is 0.261 e. The maximum Gasteiger partial charge on any atom is 0.261 e. The molecule has 0 unspecified atom stereocenters. The zero-order valence-corrected chi connectivity index (χ0v) is 11.1. The van der Waals surface area contributed by atoms with Crippen LogP contribution in [0.15, 0.2) is 23.0 Å². The van der Waals surface area contributed by atoms with Gasteiger partial charge in [0.2, 0.25) is 0 Å². The van der Waals surface area contributed by atoms with Gasteiger partial charge in [-0.15, -0.1) is 0 Å². The van der Waals surface area contributed by atoms with E-state index in [1.807, 2.05) is 6.92 Å². The van der Waals surface area contributed by atoms with Crippen molar-refractivity contribution in [2.24, 2.45) is 5.73 Å². The first-order valence-electron chi connectivity index (χ1n) is 6.58. The molecule has 1 aromatic carbocycles. The molecule has 1 aliphatic rings. The van der Waals surface area contributed by atoms with Gasteiger partial charge in [-0.05, 0) is 29.9 Å². The van der Waals surface area contributed by atoms with Crippen molar-refractivity contribution in [2.45, 2.75) is 31.6 Å². The third-order valence-electron chi connectivity index (χ3n) is 4.33. The van der Waals surface area contributed by atoms with Crippen LogP contribution in [0.25, 0.3) is 10.9 Å². The van der Waals surface area contributed by atoms with Gasteiger partial charge in [0.05, 0.1) is 5.52 Å². The number of amides is 1. The molecule has 2 aromatic rings. The number of aromatic nitrogens is 1. The SMILES string of the molecule is CC1(c2ccc3cc(C(N)=O)c(=O)[nH]c3c2F)CCC1. The fourth-order valence-electron chi connectivity index (χ4n) is 2.87. The van der Waals surface area contributed by atoms with Gasteiger partial charge in [-0.25, -0.2) is 4.39 Å². The van der Waals surface area contributed by atoms with Crippen LogP contribution in [0.1, 0.15) is 42.1 Å². The van der Waals surface area contributed by atoms with E-state index in [0.29, 0.717) is 10.9 Å². The van der Waals surface area contributed by atoms with Crippen LogP contribution in [0.5, 0.6) is 0 Å². The first-order valence-corrected chi connectivity index (χ1v) is 6.58. The second kappa shape index (κ2) is 4.16. The molecule has 1 fully saturated rings. The molecule has 3 rings (SSSR count). The molecule has 1 aromatic heterocycles. The van der Waals surface area contributed by atoms with Crippen molar-refractivity contribution in [3.63, 3.8) is 0 Å². The van der Waals surface area contributed by atoms with Gasteiger partial charge in [-0.1, -0.05) is 25.5 Å². The Kier molecular flexibility index (Phi) is 2.67. The minimum Gasteiger partial charge on any atom is -0.365 e. The Hall–Kier alpha value is -2.17. The Morgan fingerprint density at radius 3 is 2.65 bits per heavy atom. The number of nitrogens with two attached hydrogens (primary N) is 1. The van der Waals surface area contributed by atoms with Crippen LogP contribution < -0.4 is 11.3 Å². The van der Waals surface area contributed by atoms with Crippen molar-refractivity contribution in [1.82, 2.24) is 4.98 Å². The molecular formula is C15H15FN2O2.